The van der Waals surface area contributed by atoms with E-state index >= 15 is 0 Å². The van der Waals surface area contributed by atoms with Gasteiger partial charge in [0, 0.05) is 62.9 Å². The average Bonchev–Trinajstić information content (AvgIpc) is 3.56. The van der Waals surface area contributed by atoms with E-state index in [1.807, 2.05) is 56.0 Å². The van der Waals surface area contributed by atoms with Gasteiger partial charge in [0.1, 0.15) is 23.3 Å². The molecule has 6 rings (SSSR count). The molecule has 4 heterocycles. The molecule has 0 spiro atoms. The Kier molecular flexibility index (Phi) is 8.78. The van der Waals surface area contributed by atoms with Crippen LogP contribution < -0.4 is 4.90 Å². The molecule has 2 atom stereocenters. The number of fused-ring (bicyclic) bond motifs is 2. The maximum atomic E-state index is 14.5. The third kappa shape index (κ3) is 6.78. The largest absolute Gasteiger partial charge is 0.444 e. The number of anilines is 1. The zero-order valence-corrected chi connectivity index (χ0v) is 28.4. The lowest BCUT2D eigenvalue weighted by Gasteiger charge is -2.45. The van der Waals surface area contributed by atoms with Crippen LogP contribution in [-0.2, 0) is 39.3 Å². The molecule has 1 fully saturated rings. The second-order valence-electron chi connectivity index (χ2n) is 14.9. The highest BCUT2D eigenvalue weighted by atomic mass is 19.1. The Labute approximate surface area is 280 Å². The molecule has 3 aliphatic rings. The van der Waals surface area contributed by atoms with Crippen LogP contribution in [0.5, 0.6) is 0 Å². The van der Waals surface area contributed by atoms with Crippen LogP contribution in [0.2, 0.25) is 0 Å². The normalized spacial score (nSPS) is 20.5. The molecule has 1 aromatic heterocycles. The van der Waals surface area contributed by atoms with Gasteiger partial charge < -0.3 is 19.4 Å². The van der Waals surface area contributed by atoms with Crippen LogP contribution in [0.4, 0.5) is 19.3 Å². The molecule has 0 aliphatic carbocycles. The number of amides is 3. The van der Waals surface area contributed by atoms with Crippen molar-refractivity contribution < 1.29 is 27.9 Å². The minimum atomic E-state index is -0.757. The van der Waals surface area contributed by atoms with E-state index in [1.54, 1.807) is 41.7 Å². The lowest BCUT2D eigenvalue weighted by atomic mass is 9.91. The van der Waals surface area contributed by atoms with Gasteiger partial charge in [-0.15, -0.1) is 0 Å². The number of aromatic nitrogens is 1. The topological polar surface area (TPSA) is 86.3 Å². The Morgan fingerprint density at radius 2 is 1.69 bits per heavy atom. The molecule has 3 aliphatic heterocycles. The first kappa shape index (κ1) is 33.5. The van der Waals surface area contributed by atoms with Crippen LogP contribution in [0.3, 0.4) is 0 Å². The van der Waals surface area contributed by atoms with Gasteiger partial charge in [-0.25, -0.2) is 13.6 Å². The average molecular weight is 660 g/mol. The van der Waals surface area contributed by atoms with E-state index in [2.05, 4.69) is 0 Å². The Bertz CT molecular complexity index is 1730. The summed E-state index contributed by atoms with van der Waals surface area (Å²) in [4.78, 5) is 53.4. The van der Waals surface area contributed by atoms with Gasteiger partial charge in [0.2, 0.25) is 11.8 Å². The highest BCUT2D eigenvalue weighted by Crippen LogP contribution is 2.40. The van der Waals surface area contributed by atoms with Gasteiger partial charge in [-0.05, 0) is 62.1 Å². The van der Waals surface area contributed by atoms with Crippen molar-refractivity contribution in [2.24, 2.45) is 0 Å². The van der Waals surface area contributed by atoms with Gasteiger partial charge in [0.25, 0.3) is 0 Å². The predicted octanol–water partition coefficient (Wildman–Crippen LogP) is 5.43. The number of hydrogen-bond donors (Lipinski definition) is 0. The molecular weight excluding hydrogens is 616 g/mol. The molecule has 11 heteroatoms. The monoisotopic (exact) mass is 659 g/mol. The summed E-state index contributed by atoms with van der Waals surface area (Å²) in [5, 5.41) is 0. The third-order valence-electron chi connectivity index (χ3n) is 9.37. The quantitative estimate of drug-likeness (QED) is 0.364. The first-order valence-corrected chi connectivity index (χ1v) is 16.4. The molecule has 0 unspecified atom stereocenters. The van der Waals surface area contributed by atoms with Crippen LogP contribution in [0.25, 0.3) is 0 Å². The van der Waals surface area contributed by atoms with Crippen LogP contribution in [0.15, 0.2) is 54.7 Å². The summed E-state index contributed by atoms with van der Waals surface area (Å²) in [7, 11) is 0. The van der Waals surface area contributed by atoms with Gasteiger partial charge in [0.05, 0.1) is 17.9 Å². The van der Waals surface area contributed by atoms with E-state index in [-0.39, 0.29) is 37.4 Å². The Balaban J connectivity index is 1.25. The summed E-state index contributed by atoms with van der Waals surface area (Å²) in [5.41, 5.74) is 3.44. The van der Waals surface area contributed by atoms with Crippen LogP contribution >= 0.6 is 0 Å². The standard InChI is InChI=1S/C37H43F2N5O4/c1-23-17-41(31(20-43(23)35(47)48-36(2,3)4)34(46)42-18-26-9-7-8-10-27(26)19-42)21-32(45)44-22-37(5,6)33-30(44)14-24(16-40-33)13-25-11-12-28(38)15-29(25)39/h7-12,14-16,23,31H,13,17-22H2,1-6H3/t23-,31+/m1/s1. The molecule has 0 bridgehead atoms. The molecule has 9 nitrogen and oxygen atoms in total. The fourth-order valence-electron chi connectivity index (χ4n) is 6.97. The van der Waals surface area contributed by atoms with Crippen molar-refractivity contribution in [1.82, 2.24) is 19.7 Å². The highest BCUT2D eigenvalue weighted by Gasteiger charge is 2.45. The predicted molar refractivity (Wildman–Crippen MR) is 177 cm³/mol. The van der Waals surface area contributed by atoms with E-state index in [0.29, 0.717) is 43.0 Å². The van der Waals surface area contributed by atoms with Crippen molar-refractivity contribution >= 4 is 23.6 Å². The van der Waals surface area contributed by atoms with Crippen molar-refractivity contribution in [3.8, 4) is 0 Å². The molecule has 0 saturated carbocycles. The van der Waals surface area contributed by atoms with Crippen LogP contribution in [0.1, 0.15) is 69.5 Å². The van der Waals surface area contributed by atoms with E-state index in [1.165, 1.54) is 12.1 Å². The molecule has 0 radical (unpaired) electrons. The summed E-state index contributed by atoms with van der Waals surface area (Å²) in [5.74, 6) is -1.63. The minimum absolute atomic E-state index is 0.0456. The lowest BCUT2D eigenvalue weighted by Crippen LogP contribution is -2.64. The van der Waals surface area contributed by atoms with Crippen molar-refractivity contribution in [3.63, 3.8) is 0 Å². The number of benzene rings is 2. The molecular formula is C37H43F2N5O4. The molecule has 3 aromatic rings. The van der Waals surface area contributed by atoms with Crippen LogP contribution in [0, 0.1) is 11.6 Å². The maximum Gasteiger partial charge on any atom is 0.410 e. The number of pyridine rings is 1. The second kappa shape index (κ2) is 12.6. The zero-order valence-electron chi connectivity index (χ0n) is 28.4. The molecule has 254 valence electrons. The van der Waals surface area contributed by atoms with E-state index < -0.39 is 34.8 Å². The van der Waals surface area contributed by atoms with Gasteiger partial charge in [-0.1, -0.05) is 44.2 Å². The summed E-state index contributed by atoms with van der Waals surface area (Å²) in [6, 6.07) is 12.2. The minimum Gasteiger partial charge on any atom is -0.444 e. The van der Waals surface area contributed by atoms with E-state index in [0.717, 1.165) is 22.9 Å². The van der Waals surface area contributed by atoms with Crippen molar-refractivity contribution in [1.29, 1.82) is 0 Å². The molecule has 3 amide bonds. The van der Waals surface area contributed by atoms with E-state index in [4.69, 9.17) is 9.72 Å². The molecule has 2 aromatic carbocycles. The van der Waals surface area contributed by atoms with Gasteiger partial charge in [-0.2, -0.15) is 0 Å². The number of nitrogens with zero attached hydrogens (tertiary/aromatic N) is 5. The number of hydrogen-bond acceptors (Lipinski definition) is 6. The number of carbonyl (C=O) groups is 3. The second-order valence-corrected chi connectivity index (χ2v) is 14.9. The van der Waals surface area contributed by atoms with Gasteiger partial charge in [-0.3, -0.25) is 19.5 Å². The smallest absolute Gasteiger partial charge is 0.410 e. The summed E-state index contributed by atoms with van der Waals surface area (Å²) < 4.78 is 33.7. The lowest BCUT2D eigenvalue weighted by molar-refractivity contribution is -0.141. The van der Waals surface area contributed by atoms with Crippen molar-refractivity contribution in [2.75, 3.05) is 31.1 Å². The maximum absolute atomic E-state index is 14.5. The first-order chi connectivity index (χ1) is 22.6. The molecule has 1 saturated heterocycles. The van der Waals surface area contributed by atoms with Gasteiger partial charge >= 0.3 is 6.09 Å². The number of piperazine rings is 1. The summed E-state index contributed by atoms with van der Waals surface area (Å²) >= 11 is 0. The molecule has 0 N–H and O–H groups in total. The Hall–Kier alpha value is -4.38. The van der Waals surface area contributed by atoms with Crippen molar-refractivity contribution in [2.45, 2.75) is 84.2 Å². The SMILES string of the molecule is C[C@@H]1CN(CC(=O)N2CC(C)(C)c3ncc(Cc4ccc(F)cc4F)cc32)[C@H](C(=O)N2Cc3ccccc3C2)CN1C(=O)OC(C)(C)C. The number of carbonyl (C=O) groups excluding carboxylic acids is 3. The fourth-order valence-corrected chi connectivity index (χ4v) is 6.97. The number of halogens is 2. The Morgan fingerprint density at radius 1 is 1.00 bits per heavy atom. The highest BCUT2D eigenvalue weighted by molar-refractivity contribution is 5.98. The van der Waals surface area contributed by atoms with Crippen molar-refractivity contribution in [3.05, 3.63) is 94.3 Å². The van der Waals surface area contributed by atoms with Gasteiger partial charge in [0.15, 0.2) is 0 Å². The number of ether oxygens (including phenoxy) is 1. The zero-order chi connectivity index (χ0) is 34.5. The first-order valence-electron chi connectivity index (χ1n) is 16.4. The Morgan fingerprint density at radius 3 is 2.33 bits per heavy atom. The van der Waals surface area contributed by atoms with E-state index in [9.17, 15) is 23.2 Å². The number of rotatable bonds is 5. The third-order valence-corrected chi connectivity index (χ3v) is 9.37. The molecule has 48 heavy (non-hydrogen) atoms. The summed E-state index contributed by atoms with van der Waals surface area (Å²) in [6.07, 6.45) is 1.38. The van der Waals surface area contributed by atoms with Crippen LogP contribution in [-0.4, -0.2) is 81.5 Å². The summed E-state index contributed by atoms with van der Waals surface area (Å²) in [6.45, 7) is 13.0. The fraction of sp³-hybridized carbons (Fsp3) is 0.459.